The van der Waals surface area contributed by atoms with Crippen LogP contribution in [-0.2, 0) is 33.3 Å². The number of carboxylic acid groups (broad SMARTS) is 1. The number of esters is 2. The second kappa shape index (κ2) is 79.2. The fourth-order valence-electron chi connectivity index (χ4n) is 12.5. The Morgan fingerprint density at radius 3 is 0.867 bits per heavy atom. The standard InChI is InChI=1S/C89H161NO8/c1-6-8-10-12-14-16-18-20-22-24-26-28-30-32-34-36-38-40-42-44-46-48-50-52-54-56-58-60-62-64-66-68-70-72-74-76-78-80-87(92)98-85(84-97-89(88(93)94)95-82-81-90(3,4)5)83-96-86(91)79-77-75-73-71-69-67-65-63-61-59-57-55-53-51-49-47-45-43-41-39-37-35-33-31-29-27-25-23-21-19-17-15-13-11-9-7-2/h8,10,14,16,20,22,26,28,32,34,38,40,44,46,85,89H,6-7,9,11-13,15,17-19,21,23-25,27,29-31,33,35-37,39,41-43,45,47-84H2,1-5H3/b10-8-,16-14-,22-20-,28-26-,34-32-,40-38-,46-44-. The number of hydrogen-bond donors (Lipinski definition) is 0. The zero-order chi connectivity index (χ0) is 71.1. The van der Waals surface area contributed by atoms with Gasteiger partial charge in [-0.05, 0) is 70.6 Å². The van der Waals surface area contributed by atoms with Crippen molar-refractivity contribution in [2.75, 3.05) is 47.5 Å². The Kier molecular flexibility index (Phi) is 76.3. The Morgan fingerprint density at radius 1 is 0.316 bits per heavy atom. The lowest BCUT2D eigenvalue weighted by atomic mass is 10.0. The molecule has 0 rings (SSSR count). The SMILES string of the molecule is CC/C=C\C/C=C\C/C=C\C/C=C\C/C=C\C/C=C\C/C=C\CCCCCCCCCCCCCCCCCC(=O)OC(COC(=O)CCCCCCCCCCCCCCCCCCCCCCCCCCCCCCCCCCCCCC)COC(OCC[N+](C)(C)C)C(=O)[O-]. The van der Waals surface area contributed by atoms with E-state index in [9.17, 15) is 19.5 Å². The van der Waals surface area contributed by atoms with Gasteiger partial charge in [-0.2, -0.15) is 0 Å². The molecule has 0 radical (unpaired) electrons. The molecule has 0 saturated carbocycles. The molecule has 570 valence electrons. The predicted octanol–water partition coefficient (Wildman–Crippen LogP) is 26.0. The fourth-order valence-corrected chi connectivity index (χ4v) is 12.5. The number of carbonyl (C=O) groups excluding carboxylic acids is 3. The highest BCUT2D eigenvalue weighted by Crippen LogP contribution is 2.20. The third kappa shape index (κ3) is 79.8. The average molecular weight is 1370 g/mol. The van der Waals surface area contributed by atoms with E-state index in [2.05, 4.69) is 98.9 Å². The van der Waals surface area contributed by atoms with Crippen LogP contribution in [0.25, 0.3) is 0 Å². The van der Waals surface area contributed by atoms with Gasteiger partial charge >= 0.3 is 11.9 Å². The zero-order valence-electron chi connectivity index (χ0n) is 65.4. The van der Waals surface area contributed by atoms with Crippen LogP contribution >= 0.6 is 0 Å². The normalized spacial score (nSPS) is 13.0. The summed E-state index contributed by atoms with van der Waals surface area (Å²) < 4.78 is 22.9. The number of rotatable bonds is 79. The Balaban J connectivity index is 3.97. The summed E-state index contributed by atoms with van der Waals surface area (Å²) in [6.45, 7) is 4.70. The molecule has 98 heavy (non-hydrogen) atoms. The molecular weight excluding hydrogens is 1210 g/mol. The molecule has 0 fully saturated rings. The van der Waals surface area contributed by atoms with Crippen LogP contribution in [0.2, 0.25) is 0 Å². The van der Waals surface area contributed by atoms with E-state index in [0.717, 1.165) is 83.5 Å². The number of allylic oxidation sites excluding steroid dienone is 14. The van der Waals surface area contributed by atoms with Crippen molar-refractivity contribution < 1.29 is 42.9 Å². The van der Waals surface area contributed by atoms with Gasteiger partial charge in [0, 0.05) is 12.8 Å². The molecule has 0 aromatic rings. The minimum Gasteiger partial charge on any atom is -0.545 e. The lowest BCUT2D eigenvalue weighted by molar-refractivity contribution is -0.870. The van der Waals surface area contributed by atoms with Gasteiger partial charge in [0.25, 0.3) is 0 Å². The molecule has 0 aliphatic carbocycles. The van der Waals surface area contributed by atoms with Crippen LogP contribution in [0.15, 0.2) is 85.1 Å². The van der Waals surface area contributed by atoms with Gasteiger partial charge in [-0.3, -0.25) is 9.59 Å². The summed E-state index contributed by atoms with van der Waals surface area (Å²) in [6, 6.07) is 0. The van der Waals surface area contributed by atoms with E-state index in [4.69, 9.17) is 18.9 Å². The van der Waals surface area contributed by atoms with E-state index in [1.807, 2.05) is 21.1 Å². The monoisotopic (exact) mass is 1370 g/mol. The average Bonchev–Trinajstić information content (AvgIpc) is 1.26. The number of likely N-dealkylation sites (N-methyl/N-ethyl adjacent to an activating group) is 1. The Hall–Kier alpha value is -3.53. The van der Waals surface area contributed by atoms with Crippen LogP contribution in [0.4, 0.5) is 0 Å². The number of carbonyl (C=O) groups is 3. The van der Waals surface area contributed by atoms with Gasteiger partial charge in [-0.15, -0.1) is 0 Å². The number of aliphatic carboxylic acids is 1. The van der Waals surface area contributed by atoms with Crippen LogP contribution in [0.3, 0.4) is 0 Å². The summed E-state index contributed by atoms with van der Waals surface area (Å²) in [5.41, 5.74) is 0. The van der Waals surface area contributed by atoms with E-state index >= 15 is 0 Å². The molecule has 0 N–H and O–H groups in total. The van der Waals surface area contributed by atoms with Crippen LogP contribution in [0.5, 0.6) is 0 Å². The second-order valence-corrected chi connectivity index (χ2v) is 29.8. The number of hydrogen-bond acceptors (Lipinski definition) is 8. The van der Waals surface area contributed by atoms with Crippen molar-refractivity contribution in [2.24, 2.45) is 0 Å². The first-order chi connectivity index (χ1) is 48.1. The van der Waals surface area contributed by atoms with Crippen molar-refractivity contribution in [2.45, 2.75) is 418 Å². The molecule has 0 heterocycles. The largest absolute Gasteiger partial charge is 0.545 e. The molecule has 9 nitrogen and oxygen atoms in total. The van der Waals surface area contributed by atoms with Gasteiger partial charge < -0.3 is 33.3 Å². The summed E-state index contributed by atoms with van der Waals surface area (Å²) >= 11 is 0. The third-order valence-corrected chi connectivity index (χ3v) is 18.9. The Bertz CT molecular complexity index is 1890. The van der Waals surface area contributed by atoms with E-state index in [1.54, 1.807) is 0 Å². The maximum Gasteiger partial charge on any atom is 0.306 e. The molecule has 0 aromatic heterocycles. The number of unbranched alkanes of at least 4 members (excludes halogenated alkanes) is 50. The van der Waals surface area contributed by atoms with E-state index in [1.165, 1.54) is 289 Å². The number of carboxylic acids is 1. The van der Waals surface area contributed by atoms with Crippen molar-refractivity contribution in [3.63, 3.8) is 0 Å². The first-order valence-corrected chi connectivity index (χ1v) is 42.2. The lowest BCUT2D eigenvalue weighted by Crippen LogP contribution is -2.44. The van der Waals surface area contributed by atoms with Crippen LogP contribution in [0, 0.1) is 0 Å². The van der Waals surface area contributed by atoms with Crippen LogP contribution in [-0.4, -0.2) is 82.3 Å². The lowest BCUT2D eigenvalue weighted by Gasteiger charge is -2.26. The molecule has 0 saturated heterocycles. The molecule has 0 amide bonds. The Labute approximate surface area is 608 Å². The van der Waals surface area contributed by atoms with Gasteiger partial charge in [0.2, 0.25) is 0 Å². The summed E-state index contributed by atoms with van der Waals surface area (Å²) in [7, 11) is 5.95. The molecular formula is C89H161NO8. The molecule has 0 bridgehead atoms. The fraction of sp³-hybridized carbons (Fsp3) is 0.809. The molecule has 2 unspecified atom stereocenters. The summed E-state index contributed by atoms with van der Waals surface area (Å²) in [5.74, 6) is -2.26. The molecule has 0 spiro atoms. The first kappa shape index (κ1) is 94.5. The maximum atomic E-state index is 13.0. The van der Waals surface area contributed by atoms with Crippen LogP contribution in [0.1, 0.15) is 406 Å². The van der Waals surface area contributed by atoms with Gasteiger partial charge in [0.15, 0.2) is 12.4 Å². The van der Waals surface area contributed by atoms with Crippen molar-refractivity contribution in [3.05, 3.63) is 85.1 Å². The van der Waals surface area contributed by atoms with E-state index < -0.39 is 24.3 Å². The first-order valence-electron chi connectivity index (χ1n) is 42.2. The van der Waals surface area contributed by atoms with Crippen molar-refractivity contribution in [1.82, 2.24) is 0 Å². The smallest absolute Gasteiger partial charge is 0.306 e. The zero-order valence-corrected chi connectivity index (χ0v) is 65.4. The molecule has 0 aliphatic heterocycles. The maximum absolute atomic E-state index is 13.0. The second-order valence-electron chi connectivity index (χ2n) is 29.8. The summed E-state index contributed by atoms with van der Waals surface area (Å²) in [4.78, 5) is 37.6. The van der Waals surface area contributed by atoms with Gasteiger partial charge in [0.05, 0.1) is 40.3 Å². The van der Waals surface area contributed by atoms with E-state index in [0.29, 0.717) is 23.9 Å². The highest BCUT2D eigenvalue weighted by molar-refractivity contribution is 5.70. The van der Waals surface area contributed by atoms with Crippen molar-refractivity contribution in [1.29, 1.82) is 0 Å². The predicted molar refractivity (Wildman–Crippen MR) is 421 cm³/mol. The number of quaternary nitrogens is 1. The minimum atomic E-state index is -1.62. The highest BCUT2D eigenvalue weighted by Gasteiger charge is 2.22. The number of nitrogens with zero attached hydrogens (tertiary/aromatic N) is 1. The number of ether oxygens (including phenoxy) is 4. The molecule has 9 heteroatoms. The van der Waals surface area contributed by atoms with Crippen molar-refractivity contribution in [3.8, 4) is 0 Å². The minimum absolute atomic E-state index is 0.148. The third-order valence-electron chi connectivity index (χ3n) is 18.9. The molecule has 2 atom stereocenters. The quantitative estimate of drug-likeness (QED) is 0.0195. The van der Waals surface area contributed by atoms with Gasteiger partial charge in [0.1, 0.15) is 13.2 Å². The van der Waals surface area contributed by atoms with E-state index in [-0.39, 0.29) is 32.2 Å². The Morgan fingerprint density at radius 2 is 0.582 bits per heavy atom. The van der Waals surface area contributed by atoms with Crippen molar-refractivity contribution >= 4 is 17.9 Å². The topological polar surface area (TPSA) is 111 Å². The van der Waals surface area contributed by atoms with Crippen LogP contribution < -0.4 is 5.11 Å². The summed E-state index contributed by atoms with van der Waals surface area (Å²) in [6.07, 6.45) is 106. The molecule has 0 aromatic carbocycles. The summed E-state index contributed by atoms with van der Waals surface area (Å²) in [5, 5.41) is 11.9. The van der Waals surface area contributed by atoms with Gasteiger partial charge in [-0.25, -0.2) is 0 Å². The van der Waals surface area contributed by atoms with Gasteiger partial charge in [-0.1, -0.05) is 407 Å². The molecule has 0 aliphatic rings. The highest BCUT2D eigenvalue weighted by atomic mass is 16.7.